The normalized spacial score (nSPS) is 26.2. The maximum Gasteiger partial charge on any atom is 0.331 e. The van der Waals surface area contributed by atoms with Crippen molar-refractivity contribution in [3.8, 4) is 0 Å². The number of esters is 1. The fourth-order valence-corrected chi connectivity index (χ4v) is 5.44. The minimum Gasteiger partial charge on any atom is -0.460 e. The van der Waals surface area contributed by atoms with Gasteiger partial charge in [-0.15, -0.1) is 0 Å². The van der Waals surface area contributed by atoms with Crippen LogP contribution in [0.3, 0.4) is 0 Å². The van der Waals surface area contributed by atoms with Gasteiger partial charge >= 0.3 is 5.97 Å². The van der Waals surface area contributed by atoms with Crippen molar-refractivity contribution >= 4 is 23.7 Å². The minimum absolute atomic E-state index is 0.366. The molecule has 0 aliphatic carbocycles. The average Bonchev–Trinajstić information content (AvgIpc) is 2.96. The van der Waals surface area contributed by atoms with Crippen LogP contribution in [0.25, 0.3) is 0 Å². The highest BCUT2D eigenvalue weighted by molar-refractivity contribution is 5.94. The Morgan fingerprint density at radius 3 is 1.70 bits per heavy atom. The van der Waals surface area contributed by atoms with E-state index in [0.29, 0.717) is 6.42 Å². The largest absolute Gasteiger partial charge is 0.460 e. The molecule has 1 rings (SSSR count). The molecule has 0 radical (unpaired) electrons. The third kappa shape index (κ3) is 13.5. The Labute approximate surface area is 258 Å². The Morgan fingerprint density at radius 2 is 1.21 bits per heavy atom. The van der Waals surface area contributed by atoms with E-state index in [4.69, 9.17) is 4.74 Å². The highest BCUT2D eigenvalue weighted by Crippen LogP contribution is 2.25. The highest BCUT2D eigenvalue weighted by atomic mass is 16.5. The number of ether oxygens (including phenoxy) is 1. The van der Waals surface area contributed by atoms with Crippen LogP contribution in [0.5, 0.6) is 0 Å². The first-order valence-corrected chi connectivity index (χ1v) is 16.4. The fraction of sp³-hybridized carbons (Fsp3) is 0.875. The summed E-state index contributed by atoms with van der Waals surface area (Å²) in [6.45, 7) is 9.42. The van der Waals surface area contributed by atoms with Crippen molar-refractivity contribution in [2.24, 2.45) is 17.8 Å². The number of carbonyl (C=O) groups excluding carboxylic acids is 4. The fourth-order valence-electron chi connectivity index (χ4n) is 5.44. The van der Waals surface area contributed by atoms with Gasteiger partial charge in [0.15, 0.2) is 6.04 Å². The molecule has 0 bridgehead atoms. The van der Waals surface area contributed by atoms with Crippen molar-refractivity contribution in [3.63, 3.8) is 0 Å². The summed E-state index contributed by atoms with van der Waals surface area (Å²) in [5, 5.41) is 38.5. The topological polar surface area (TPSA) is 174 Å². The molecule has 1 saturated heterocycles. The molecule has 0 aromatic carbocycles. The summed E-state index contributed by atoms with van der Waals surface area (Å²) in [7, 11) is 0. The third-order valence-electron chi connectivity index (χ3n) is 8.48. The van der Waals surface area contributed by atoms with Gasteiger partial charge in [0.05, 0.1) is 24.7 Å². The number of cyclic esters (lactones) is 1. The molecule has 3 unspecified atom stereocenters. The second-order valence-electron chi connectivity index (χ2n) is 12.6. The molecule has 6 N–H and O–H groups in total. The predicted octanol–water partition coefficient (Wildman–Crippen LogP) is 2.73. The number of carbonyl (C=O) groups is 4. The van der Waals surface area contributed by atoms with Crippen molar-refractivity contribution in [3.05, 3.63) is 0 Å². The van der Waals surface area contributed by atoms with Crippen LogP contribution in [0.1, 0.15) is 119 Å². The second-order valence-corrected chi connectivity index (χ2v) is 12.6. The summed E-state index contributed by atoms with van der Waals surface area (Å²) >= 11 is 0. The van der Waals surface area contributed by atoms with Crippen LogP contribution in [-0.2, 0) is 23.9 Å². The van der Waals surface area contributed by atoms with E-state index < -0.39 is 78.6 Å². The zero-order valence-electron chi connectivity index (χ0n) is 27.3. The molecular weight excluding hydrogens is 554 g/mol. The number of aliphatic hydroxyl groups excluding tert-OH is 3. The molecule has 0 aromatic heterocycles. The molecule has 0 spiro atoms. The number of hydrogen-bond donors (Lipinski definition) is 6. The van der Waals surface area contributed by atoms with Gasteiger partial charge in [0.1, 0.15) is 18.2 Å². The third-order valence-corrected chi connectivity index (χ3v) is 8.48. The maximum absolute atomic E-state index is 13.4. The van der Waals surface area contributed by atoms with Gasteiger partial charge < -0.3 is 36.0 Å². The van der Waals surface area contributed by atoms with Crippen LogP contribution in [0.15, 0.2) is 0 Å². The lowest BCUT2D eigenvalue weighted by Gasteiger charge is -2.33. The molecule has 0 saturated carbocycles. The lowest BCUT2D eigenvalue weighted by Crippen LogP contribution is -2.60. The van der Waals surface area contributed by atoms with Crippen molar-refractivity contribution in [2.45, 2.75) is 155 Å². The van der Waals surface area contributed by atoms with Gasteiger partial charge in [0.25, 0.3) is 0 Å². The monoisotopic (exact) mass is 613 g/mol. The first-order valence-electron chi connectivity index (χ1n) is 16.4. The zero-order valence-corrected chi connectivity index (χ0v) is 27.3. The maximum atomic E-state index is 13.4. The van der Waals surface area contributed by atoms with E-state index in [0.717, 1.165) is 25.7 Å². The second kappa shape index (κ2) is 20.7. The van der Waals surface area contributed by atoms with Crippen LogP contribution in [0.2, 0.25) is 0 Å². The molecule has 11 nitrogen and oxygen atoms in total. The molecule has 3 amide bonds. The summed E-state index contributed by atoms with van der Waals surface area (Å²) in [6, 6.07) is -3.97. The summed E-state index contributed by atoms with van der Waals surface area (Å²) in [5.41, 5.74) is 0. The Morgan fingerprint density at radius 1 is 0.721 bits per heavy atom. The van der Waals surface area contributed by atoms with Gasteiger partial charge in [0.2, 0.25) is 17.7 Å². The van der Waals surface area contributed by atoms with E-state index >= 15 is 0 Å². The van der Waals surface area contributed by atoms with Gasteiger partial charge in [-0.2, -0.15) is 0 Å². The molecule has 1 aliphatic rings. The summed E-state index contributed by atoms with van der Waals surface area (Å²) in [5.74, 6) is -5.08. The molecule has 1 heterocycles. The number of hydrogen-bond acceptors (Lipinski definition) is 8. The van der Waals surface area contributed by atoms with Crippen molar-refractivity contribution in [2.75, 3.05) is 6.61 Å². The van der Waals surface area contributed by atoms with E-state index in [9.17, 15) is 34.5 Å². The Hall–Kier alpha value is -2.24. The van der Waals surface area contributed by atoms with Crippen LogP contribution >= 0.6 is 0 Å². The number of nitrogens with one attached hydrogen (secondary N) is 3. The van der Waals surface area contributed by atoms with Crippen LogP contribution in [0.4, 0.5) is 0 Å². The van der Waals surface area contributed by atoms with Gasteiger partial charge in [-0.25, -0.2) is 4.79 Å². The first kappa shape index (κ1) is 38.8. The Bertz CT molecular complexity index is 852. The van der Waals surface area contributed by atoms with Crippen LogP contribution in [0, 0.1) is 17.8 Å². The first-order chi connectivity index (χ1) is 20.3. The molecule has 250 valence electrons. The van der Waals surface area contributed by atoms with E-state index in [1.165, 1.54) is 51.9 Å². The van der Waals surface area contributed by atoms with Crippen molar-refractivity contribution < 1.29 is 39.2 Å². The standard InChI is InChI=1S/C32H59N3O8/c1-7-8-9-10-11-12-13-14-15-16-17-18-25(38)21(4)28-22(5)29(39)34-26(20(2)3)30(40)35-27(23(6)37)31(41)33-24(19-36)32(42)43-28/h20-28,36-38H,7-19H2,1-6H3,(H,33,41)(H,34,39)(H,35,40)/t21-,22?,23+,24?,25+,26-,27?,28+/m0/s1. The van der Waals surface area contributed by atoms with Crippen molar-refractivity contribution in [1.29, 1.82) is 0 Å². The molecule has 8 atom stereocenters. The summed E-state index contributed by atoms with van der Waals surface area (Å²) in [6.07, 6.45) is 10.1. The van der Waals surface area contributed by atoms with Gasteiger partial charge in [-0.1, -0.05) is 105 Å². The predicted molar refractivity (Wildman–Crippen MR) is 165 cm³/mol. The van der Waals surface area contributed by atoms with Gasteiger partial charge in [-0.3, -0.25) is 14.4 Å². The number of rotatable bonds is 17. The van der Waals surface area contributed by atoms with E-state index in [1.54, 1.807) is 27.7 Å². The summed E-state index contributed by atoms with van der Waals surface area (Å²) in [4.78, 5) is 52.4. The quantitative estimate of drug-likeness (QED) is 0.107. The van der Waals surface area contributed by atoms with Crippen LogP contribution in [-0.4, -0.2) is 82.1 Å². The zero-order chi connectivity index (χ0) is 32.5. The highest BCUT2D eigenvalue weighted by Gasteiger charge is 2.40. The number of unbranched alkanes of at least 4 members (excludes halogenated alkanes) is 10. The molecule has 1 fully saturated rings. The molecule has 0 aromatic rings. The molecule has 1 aliphatic heterocycles. The van der Waals surface area contributed by atoms with Gasteiger partial charge in [-0.05, 0) is 19.3 Å². The SMILES string of the molecule is CCCCCCCCCCCCC[C@@H](O)[C@H](C)[C@H]1OC(=O)C(CO)NC(=O)C([C@@H](C)O)NC(=O)[C@H](C(C)C)NC(=O)C1C. The average molecular weight is 614 g/mol. The van der Waals surface area contributed by atoms with E-state index in [1.807, 2.05) is 0 Å². The van der Waals surface area contributed by atoms with E-state index in [2.05, 4.69) is 22.9 Å². The Balaban J connectivity index is 2.95. The minimum atomic E-state index is -1.50. The van der Waals surface area contributed by atoms with E-state index in [-0.39, 0.29) is 5.92 Å². The molecule has 43 heavy (non-hydrogen) atoms. The van der Waals surface area contributed by atoms with Gasteiger partial charge in [0, 0.05) is 5.92 Å². The number of amides is 3. The Kier molecular flexibility index (Phi) is 18.6. The lowest BCUT2D eigenvalue weighted by molar-refractivity contribution is -0.164. The molecular formula is C32H59N3O8. The van der Waals surface area contributed by atoms with Crippen molar-refractivity contribution in [1.82, 2.24) is 16.0 Å². The van der Waals surface area contributed by atoms with Crippen LogP contribution < -0.4 is 16.0 Å². The number of aliphatic hydroxyl groups is 3. The molecule has 11 heteroatoms. The smallest absolute Gasteiger partial charge is 0.331 e. The summed E-state index contributed by atoms with van der Waals surface area (Å²) < 4.78 is 5.70. The lowest BCUT2D eigenvalue weighted by atomic mass is 9.86.